The fourth-order valence-electron chi connectivity index (χ4n) is 4.10. The number of carbonyl (C=O) groups excluding carboxylic acids is 1. The molecular weight excluding hydrogens is 538 g/mol. The van der Waals surface area contributed by atoms with Gasteiger partial charge in [-0.25, -0.2) is 14.5 Å². The molecule has 6 rings (SSSR count). The number of amides is 1. The number of carbonyl (C=O) groups is 1. The SMILES string of the molecule is NC(=O)c1c(Nc2ccccc2)nn2c(-c3ccc(Br)cc3)c(-c3nc4ccccc4s3)c(N)nc12. The predicted octanol–water partition coefficient (Wildman–Crippen LogP) is 5.86. The normalized spacial score (nSPS) is 11.2. The maximum absolute atomic E-state index is 12.6. The van der Waals surface area contributed by atoms with Gasteiger partial charge in [-0.2, -0.15) is 0 Å². The zero-order chi connectivity index (χ0) is 24.8. The molecule has 0 aliphatic rings. The Labute approximate surface area is 217 Å². The minimum atomic E-state index is -0.662. The Bertz CT molecular complexity index is 1730. The van der Waals surface area contributed by atoms with Crippen LogP contribution in [0.1, 0.15) is 10.4 Å². The molecule has 0 atom stereocenters. The van der Waals surface area contributed by atoms with Gasteiger partial charge in [-0.05, 0) is 36.4 Å². The van der Waals surface area contributed by atoms with E-state index in [0.717, 1.165) is 25.9 Å². The maximum Gasteiger partial charge on any atom is 0.256 e. The molecule has 0 saturated heterocycles. The number of fused-ring (bicyclic) bond motifs is 2. The topological polar surface area (TPSA) is 124 Å². The molecule has 1 amide bonds. The average molecular weight is 556 g/mol. The van der Waals surface area contributed by atoms with Crippen LogP contribution in [0.25, 0.3) is 37.7 Å². The molecule has 0 fully saturated rings. The third-order valence-corrected chi connectivity index (χ3v) is 7.28. The Morgan fingerprint density at radius 3 is 2.39 bits per heavy atom. The molecule has 5 N–H and O–H groups in total. The second-order valence-corrected chi connectivity index (χ2v) is 9.97. The van der Waals surface area contributed by atoms with Crippen molar-refractivity contribution >= 4 is 66.4 Å². The van der Waals surface area contributed by atoms with Gasteiger partial charge in [-0.3, -0.25) is 4.79 Å². The summed E-state index contributed by atoms with van der Waals surface area (Å²) in [6.45, 7) is 0. The van der Waals surface area contributed by atoms with Crippen molar-refractivity contribution in [1.29, 1.82) is 0 Å². The summed E-state index contributed by atoms with van der Waals surface area (Å²) in [6, 6.07) is 25.1. The van der Waals surface area contributed by atoms with E-state index >= 15 is 0 Å². The van der Waals surface area contributed by atoms with E-state index in [1.54, 1.807) is 4.52 Å². The van der Waals surface area contributed by atoms with Crippen molar-refractivity contribution in [1.82, 2.24) is 19.6 Å². The summed E-state index contributed by atoms with van der Waals surface area (Å²) < 4.78 is 3.57. The van der Waals surface area contributed by atoms with Crippen LogP contribution in [-0.4, -0.2) is 25.5 Å². The summed E-state index contributed by atoms with van der Waals surface area (Å²) in [5.74, 6) is -0.140. The highest BCUT2D eigenvalue weighted by Gasteiger charge is 2.27. The lowest BCUT2D eigenvalue weighted by atomic mass is 10.1. The number of nitrogens with two attached hydrogens (primary N) is 2. The Hall–Kier alpha value is -4.28. The molecule has 3 aromatic heterocycles. The number of hydrogen-bond acceptors (Lipinski definition) is 7. The van der Waals surface area contributed by atoms with Crippen LogP contribution in [0.15, 0.2) is 83.3 Å². The Morgan fingerprint density at radius 2 is 1.67 bits per heavy atom. The third kappa shape index (κ3) is 3.76. The minimum absolute atomic E-state index is 0.153. The van der Waals surface area contributed by atoms with Gasteiger partial charge in [0, 0.05) is 15.7 Å². The van der Waals surface area contributed by atoms with Crippen molar-refractivity contribution in [3.05, 3.63) is 88.9 Å². The number of aromatic nitrogens is 4. The molecule has 3 heterocycles. The van der Waals surface area contributed by atoms with Gasteiger partial charge < -0.3 is 16.8 Å². The molecule has 0 bridgehead atoms. The van der Waals surface area contributed by atoms with Crippen LogP contribution in [-0.2, 0) is 0 Å². The van der Waals surface area contributed by atoms with Crippen LogP contribution in [0.3, 0.4) is 0 Å². The fourth-order valence-corrected chi connectivity index (χ4v) is 5.39. The quantitative estimate of drug-likeness (QED) is 0.244. The lowest BCUT2D eigenvalue weighted by Crippen LogP contribution is -2.13. The van der Waals surface area contributed by atoms with Crippen LogP contribution in [0.4, 0.5) is 17.3 Å². The first-order valence-electron chi connectivity index (χ1n) is 11.0. The van der Waals surface area contributed by atoms with Gasteiger partial charge in [0.15, 0.2) is 11.5 Å². The van der Waals surface area contributed by atoms with Gasteiger partial charge in [0.2, 0.25) is 0 Å². The highest BCUT2D eigenvalue weighted by molar-refractivity contribution is 9.10. The fraction of sp³-hybridized carbons (Fsp3) is 0. The van der Waals surface area contributed by atoms with Crippen molar-refractivity contribution in [2.75, 3.05) is 11.1 Å². The standard InChI is InChI=1S/C26H18BrN7OS/c27-15-12-10-14(11-13-15)21-19(26-31-17-8-4-5-9-18(17)36-26)22(28)32-25-20(23(29)35)24(33-34(21)25)30-16-6-2-1-3-7-16/h1-13H,(H2,28,32)(H2,29,35)(H,30,33). The second-order valence-electron chi connectivity index (χ2n) is 8.03. The van der Waals surface area contributed by atoms with E-state index in [-0.39, 0.29) is 17.0 Å². The molecule has 0 unspecified atom stereocenters. The van der Waals surface area contributed by atoms with Gasteiger partial charge in [0.1, 0.15) is 16.4 Å². The number of thiazole rings is 1. The zero-order valence-corrected chi connectivity index (χ0v) is 21.0. The number of benzene rings is 3. The summed E-state index contributed by atoms with van der Waals surface area (Å²) in [4.78, 5) is 22.0. The van der Waals surface area contributed by atoms with Crippen molar-refractivity contribution in [3.8, 4) is 21.8 Å². The number of nitrogens with one attached hydrogen (secondary N) is 1. The molecule has 0 radical (unpaired) electrons. The van der Waals surface area contributed by atoms with Crippen LogP contribution < -0.4 is 16.8 Å². The summed E-state index contributed by atoms with van der Waals surface area (Å²) in [6.07, 6.45) is 0. The van der Waals surface area contributed by atoms with E-state index in [4.69, 9.17) is 21.5 Å². The lowest BCUT2D eigenvalue weighted by molar-refractivity contribution is 0.100. The van der Waals surface area contributed by atoms with E-state index in [2.05, 4.69) is 26.2 Å². The first-order chi connectivity index (χ1) is 17.5. The molecular formula is C26H18BrN7OS. The van der Waals surface area contributed by atoms with Crippen molar-refractivity contribution < 1.29 is 4.79 Å². The van der Waals surface area contributed by atoms with Gasteiger partial charge in [-0.15, -0.1) is 16.4 Å². The summed E-state index contributed by atoms with van der Waals surface area (Å²) in [5, 5.41) is 8.66. The lowest BCUT2D eigenvalue weighted by Gasteiger charge is -2.12. The van der Waals surface area contributed by atoms with Crippen molar-refractivity contribution in [3.63, 3.8) is 0 Å². The number of nitrogens with zero attached hydrogens (tertiary/aromatic N) is 4. The van der Waals surface area contributed by atoms with E-state index < -0.39 is 5.91 Å². The third-order valence-electron chi connectivity index (χ3n) is 5.70. The molecule has 0 aliphatic heterocycles. The molecule has 6 aromatic rings. The molecule has 0 spiro atoms. The van der Waals surface area contributed by atoms with Gasteiger partial charge in [0.05, 0.1) is 21.5 Å². The second kappa shape index (κ2) is 8.74. The van der Waals surface area contributed by atoms with Crippen LogP contribution in [0.2, 0.25) is 0 Å². The Morgan fingerprint density at radius 1 is 0.944 bits per heavy atom. The number of nitrogen functional groups attached to an aromatic ring is 1. The van der Waals surface area contributed by atoms with Gasteiger partial charge in [0.25, 0.3) is 5.91 Å². The Kier molecular flexibility index (Phi) is 5.39. The van der Waals surface area contributed by atoms with Gasteiger partial charge in [-0.1, -0.05) is 58.4 Å². The highest BCUT2D eigenvalue weighted by atomic mass is 79.9. The number of anilines is 3. The van der Waals surface area contributed by atoms with Gasteiger partial charge >= 0.3 is 0 Å². The minimum Gasteiger partial charge on any atom is -0.383 e. The first-order valence-corrected chi connectivity index (χ1v) is 12.6. The monoisotopic (exact) mass is 555 g/mol. The maximum atomic E-state index is 12.6. The molecule has 36 heavy (non-hydrogen) atoms. The number of halogens is 1. The highest BCUT2D eigenvalue weighted by Crippen LogP contribution is 2.41. The van der Waals surface area contributed by atoms with E-state index in [1.807, 2.05) is 78.9 Å². The summed E-state index contributed by atoms with van der Waals surface area (Å²) in [5.41, 5.74) is 16.5. The number of rotatable bonds is 5. The molecule has 8 nitrogen and oxygen atoms in total. The largest absolute Gasteiger partial charge is 0.383 e. The summed E-state index contributed by atoms with van der Waals surface area (Å²) >= 11 is 5.02. The van der Waals surface area contributed by atoms with E-state index in [9.17, 15) is 4.79 Å². The van der Waals surface area contributed by atoms with Crippen LogP contribution >= 0.6 is 27.3 Å². The average Bonchev–Trinajstić information content (AvgIpc) is 3.45. The predicted molar refractivity (Wildman–Crippen MR) is 147 cm³/mol. The van der Waals surface area contributed by atoms with Crippen LogP contribution in [0, 0.1) is 0 Å². The van der Waals surface area contributed by atoms with E-state index in [1.165, 1.54) is 11.3 Å². The van der Waals surface area contributed by atoms with Crippen molar-refractivity contribution in [2.45, 2.75) is 0 Å². The van der Waals surface area contributed by atoms with Crippen LogP contribution in [0.5, 0.6) is 0 Å². The molecule has 10 heteroatoms. The molecule has 0 aliphatic carbocycles. The number of para-hydroxylation sites is 2. The molecule has 0 saturated carbocycles. The molecule has 3 aromatic carbocycles. The summed E-state index contributed by atoms with van der Waals surface area (Å²) in [7, 11) is 0. The zero-order valence-electron chi connectivity index (χ0n) is 18.6. The number of primary amides is 1. The Balaban J connectivity index is 1.68. The molecule has 176 valence electrons. The van der Waals surface area contributed by atoms with Crippen molar-refractivity contribution in [2.24, 2.45) is 5.73 Å². The van der Waals surface area contributed by atoms with E-state index in [0.29, 0.717) is 22.1 Å². The number of hydrogen-bond donors (Lipinski definition) is 3. The smallest absolute Gasteiger partial charge is 0.256 e. The first kappa shape index (κ1) is 22.2.